The fourth-order valence-electron chi connectivity index (χ4n) is 1.25. The zero-order valence-corrected chi connectivity index (χ0v) is 10.4. The number of carboxylic acid groups (broad SMARTS) is 1. The van der Waals surface area contributed by atoms with Crippen molar-refractivity contribution in [1.29, 1.82) is 0 Å². The van der Waals surface area contributed by atoms with Crippen LogP contribution in [-0.2, 0) is 4.79 Å². The molecule has 0 atom stereocenters. The number of carbonyl (C=O) groups excluding carboxylic acids is 1. The van der Waals surface area contributed by atoms with E-state index < -0.39 is 23.6 Å². The van der Waals surface area contributed by atoms with Crippen LogP contribution in [0.1, 0.15) is 12.8 Å². The molecule has 19 heavy (non-hydrogen) atoms. The molecule has 0 aliphatic carbocycles. The van der Waals surface area contributed by atoms with Crippen molar-refractivity contribution in [3.63, 3.8) is 0 Å². The van der Waals surface area contributed by atoms with Crippen LogP contribution in [0.4, 0.5) is 19.3 Å². The SMILES string of the molecule is O=C(O)CCCNC(=O)Nc1cc(Cl)cc(F)c1F. The molecule has 0 aliphatic heterocycles. The van der Waals surface area contributed by atoms with E-state index in [0.29, 0.717) is 0 Å². The van der Waals surface area contributed by atoms with Crippen molar-refractivity contribution in [2.75, 3.05) is 11.9 Å². The second kappa shape index (κ2) is 6.89. The number of carboxylic acids is 1. The molecule has 0 saturated heterocycles. The zero-order chi connectivity index (χ0) is 14.4. The second-order valence-electron chi connectivity index (χ2n) is 3.63. The van der Waals surface area contributed by atoms with Crippen LogP contribution in [0.15, 0.2) is 12.1 Å². The van der Waals surface area contributed by atoms with Gasteiger partial charge in [0.05, 0.1) is 5.69 Å². The average molecular weight is 293 g/mol. The molecule has 104 valence electrons. The number of aliphatic carboxylic acids is 1. The lowest BCUT2D eigenvalue weighted by Crippen LogP contribution is -2.30. The normalized spacial score (nSPS) is 10.1. The van der Waals surface area contributed by atoms with Gasteiger partial charge in [-0.3, -0.25) is 4.79 Å². The third-order valence-corrected chi connectivity index (χ3v) is 2.31. The summed E-state index contributed by atoms with van der Waals surface area (Å²) >= 11 is 5.52. The van der Waals surface area contributed by atoms with Crippen LogP contribution in [0.5, 0.6) is 0 Å². The summed E-state index contributed by atoms with van der Waals surface area (Å²) < 4.78 is 26.3. The molecule has 3 N–H and O–H groups in total. The fraction of sp³-hybridized carbons (Fsp3) is 0.273. The van der Waals surface area contributed by atoms with E-state index >= 15 is 0 Å². The summed E-state index contributed by atoms with van der Waals surface area (Å²) in [6, 6.07) is 1.08. The highest BCUT2D eigenvalue weighted by atomic mass is 35.5. The first-order valence-corrected chi connectivity index (χ1v) is 5.69. The lowest BCUT2D eigenvalue weighted by Gasteiger charge is -2.08. The number of benzene rings is 1. The Morgan fingerprint density at radius 2 is 2.00 bits per heavy atom. The van der Waals surface area contributed by atoms with Crippen LogP contribution in [0.2, 0.25) is 5.02 Å². The van der Waals surface area contributed by atoms with Crippen LogP contribution in [0.25, 0.3) is 0 Å². The number of halogens is 3. The van der Waals surface area contributed by atoms with Crippen molar-refractivity contribution in [2.45, 2.75) is 12.8 Å². The number of urea groups is 1. The Morgan fingerprint density at radius 3 is 2.63 bits per heavy atom. The molecule has 0 spiro atoms. The van der Waals surface area contributed by atoms with E-state index in [9.17, 15) is 18.4 Å². The number of hydrogen-bond acceptors (Lipinski definition) is 2. The molecule has 0 aliphatic rings. The van der Waals surface area contributed by atoms with Gasteiger partial charge < -0.3 is 15.7 Å². The number of hydrogen-bond donors (Lipinski definition) is 3. The maximum atomic E-state index is 13.3. The number of nitrogens with one attached hydrogen (secondary N) is 2. The van der Waals surface area contributed by atoms with Gasteiger partial charge >= 0.3 is 12.0 Å². The molecule has 8 heteroatoms. The summed E-state index contributed by atoms with van der Waals surface area (Å²) in [6.45, 7) is 0.100. The van der Waals surface area contributed by atoms with Crippen molar-refractivity contribution in [1.82, 2.24) is 5.32 Å². The second-order valence-corrected chi connectivity index (χ2v) is 4.06. The lowest BCUT2D eigenvalue weighted by molar-refractivity contribution is -0.137. The molecule has 1 aromatic carbocycles. The Balaban J connectivity index is 2.51. The third kappa shape index (κ3) is 5.09. The molecule has 0 heterocycles. The van der Waals surface area contributed by atoms with Crippen molar-refractivity contribution >= 4 is 29.3 Å². The van der Waals surface area contributed by atoms with E-state index in [1.165, 1.54) is 0 Å². The molecule has 0 fully saturated rings. The zero-order valence-electron chi connectivity index (χ0n) is 9.67. The molecule has 0 bridgehead atoms. The van der Waals surface area contributed by atoms with Gasteiger partial charge in [0.2, 0.25) is 0 Å². The predicted octanol–water partition coefficient (Wildman–Crippen LogP) is 2.60. The molecule has 5 nitrogen and oxygen atoms in total. The molecular formula is C11H11ClF2N2O3. The van der Waals surface area contributed by atoms with Gasteiger partial charge in [0, 0.05) is 18.0 Å². The van der Waals surface area contributed by atoms with Gasteiger partial charge in [0.1, 0.15) is 0 Å². The Morgan fingerprint density at radius 1 is 1.32 bits per heavy atom. The van der Waals surface area contributed by atoms with Crippen LogP contribution in [-0.4, -0.2) is 23.7 Å². The average Bonchev–Trinajstić information content (AvgIpc) is 2.31. The Labute approximate surface area is 112 Å². The number of amides is 2. The van der Waals surface area contributed by atoms with Gasteiger partial charge in [0.15, 0.2) is 11.6 Å². The number of carbonyl (C=O) groups is 2. The van der Waals surface area contributed by atoms with Crippen molar-refractivity contribution in [2.24, 2.45) is 0 Å². The van der Waals surface area contributed by atoms with E-state index in [1.54, 1.807) is 0 Å². The van der Waals surface area contributed by atoms with Crippen LogP contribution < -0.4 is 10.6 Å². The molecule has 0 saturated carbocycles. The quantitative estimate of drug-likeness (QED) is 0.576. The molecule has 0 radical (unpaired) electrons. The highest BCUT2D eigenvalue weighted by molar-refractivity contribution is 6.30. The van der Waals surface area contributed by atoms with Crippen LogP contribution >= 0.6 is 11.6 Å². The molecule has 1 aromatic rings. The summed E-state index contributed by atoms with van der Waals surface area (Å²) in [5, 5.41) is 12.7. The first-order chi connectivity index (χ1) is 8.90. The largest absolute Gasteiger partial charge is 0.481 e. The van der Waals surface area contributed by atoms with Crippen LogP contribution in [0.3, 0.4) is 0 Å². The fourth-order valence-corrected chi connectivity index (χ4v) is 1.46. The maximum Gasteiger partial charge on any atom is 0.319 e. The van der Waals surface area contributed by atoms with Crippen molar-refractivity contribution in [3.8, 4) is 0 Å². The lowest BCUT2D eigenvalue weighted by atomic mass is 10.3. The van der Waals surface area contributed by atoms with E-state index in [-0.39, 0.29) is 30.1 Å². The van der Waals surface area contributed by atoms with E-state index in [1.807, 2.05) is 0 Å². The van der Waals surface area contributed by atoms with Gasteiger partial charge in [0.25, 0.3) is 0 Å². The smallest absolute Gasteiger partial charge is 0.319 e. The summed E-state index contributed by atoms with van der Waals surface area (Å²) in [6.07, 6.45) is 0.135. The van der Waals surface area contributed by atoms with Gasteiger partial charge in [-0.15, -0.1) is 0 Å². The van der Waals surface area contributed by atoms with Gasteiger partial charge in [-0.25, -0.2) is 13.6 Å². The first-order valence-electron chi connectivity index (χ1n) is 5.31. The van der Waals surface area contributed by atoms with E-state index in [0.717, 1.165) is 12.1 Å². The minimum Gasteiger partial charge on any atom is -0.481 e. The van der Waals surface area contributed by atoms with Gasteiger partial charge in [-0.1, -0.05) is 11.6 Å². The summed E-state index contributed by atoms with van der Waals surface area (Å²) in [5.74, 6) is -3.37. The topological polar surface area (TPSA) is 78.4 Å². The Hall–Kier alpha value is -1.89. The maximum absolute atomic E-state index is 13.3. The van der Waals surface area contributed by atoms with Gasteiger partial charge in [-0.2, -0.15) is 0 Å². The van der Waals surface area contributed by atoms with E-state index in [2.05, 4.69) is 10.6 Å². The molecule has 0 unspecified atom stereocenters. The van der Waals surface area contributed by atoms with Crippen LogP contribution in [0, 0.1) is 11.6 Å². The van der Waals surface area contributed by atoms with Crippen molar-refractivity contribution < 1.29 is 23.5 Å². The highest BCUT2D eigenvalue weighted by Crippen LogP contribution is 2.22. The standard InChI is InChI=1S/C11H11ClF2N2O3/c12-6-4-7(13)10(14)8(5-6)16-11(19)15-3-1-2-9(17)18/h4-5H,1-3H2,(H,17,18)(H2,15,16,19). The van der Waals surface area contributed by atoms with Crippen molar-refractivity contribution in [3.05, 3.63) is 28.8 Å². The predicted molar refractivity (Wildman–Crippen MR) is 65.3 cm³/mol. The van der Waals surface area contributed by atoms with E-state index in [4.69, 9.17) is 16.7 Å². The number of rotatable bonds is 5. The van der Waals surface area contributed by atoms with Gasteiger partial charge in [-0.05, 0) is 18.6 Å². The highest BCUT2D eigenvalue weighted by Gasteiger charge is 2.12. The third-order valence-electron chi connectivity index (χ3n) is 2.09. The summed E-state index contributed by atoms with van der Waals surface area (Å²) in [7, 11) is 0. The molecule has 2 amide bonds. The Kier molecular flexibility index (Phi) is 5.50. The molecule has 1 rings (SSSR count). The minimum absolute atomic E-state index is 0.0555. The first kappa shape index (κ1) is 15.2. The monoisotopic (exact) mass is 292 g/mol. The number of anilines is 1. The summed E-state index contributed by atoms with van der Waals surface area (Å²) in [4.78, 5) is 21.6. The minimum atomic E-state index is -1.22. The summed E-state index contributed by atoms with van der Waals surface area (Å²) in [5.41, 5.74) is -0.388. The molecular weight excluding hydrogens is 282 g/mol. The Bertz CT molecular complexity index is 497. The molecule has 0 aromatic heterocycles.